The van der Waals surface area contributed by atoms with Crippen molar-refractivity contribution in [2.75, 3.05) is 7.05 Å². The summed E-state index contributed by atoms with van der Waals surface area (Å²) in [5.74, 6) is 0.000501. The highest BCUT2D eigenvalue weighted by atomic mass is 16.2. The van der Waals surface area contributed by atoms with Crippen molar-refractivity contribution in [2.45, 2.75) is 84.5 Å². The van der Waals surface area contributed by atoms with E-state index in [9.17, 15) is 9.59 Å². The molecule has 0 rings (SSSR count). The van der Waals surface area contributed by atoms with Crippen LogP contribution in [0.25, 0.3) is 0 Å². The molecular weight excluding hydrogens is 250 g/mol. The molecule has 3 heteroatoms. The molecular formula is C17H33NO2. The van der Waals surface area contributed by atoms with Crippen molar-refractivity contribution < 1.29 is 9.59 Å². The Bertz CT molecular complexity index is 264. The third kappa shape index (κ3) is 11.0. The zero-order chi connectivity index (χ0) is 15.2. The first-order chi connectivity index (χ1) is 9.61. The number of unbranched alkanes of at least 4 members (excludes halogenated alkanes) is 8. The van der Waals surface area contributed by atoms with Gasteiger partial charge in [-0.05, 0) is 6.42 Å². The Morgan fingerprint density at radius 1 is 0.900 bits per heavy atom. The number of ketones is 1. The van der Waals surface area contributed by atoms with Crippen LogP contribution in [0.2, 0.25) is 0 Å². The van der Waals surface area contributed by atoms with E-state index >= 15 is 0 Å². The van der Waals surface area contributed by atoms with Crippen LogP contribution in [-0.2, 0) is 9.59 Å². The average Bonchev–Trinajstić information content (AvgIpc) is 2.44. The molecule has 1 N–H and O–H groups in total. The molecule has 0 aliphatic rings. The summed E-state index contributed by atoms with van der Waals surface area (Å²) in [5.41, 5.74) is 0. The summed E-state index contributed by atoms with van der Waals surface area (Å²) < 4.78 is 0. The fourth-order valence-electron chi connectivity index (χ4n) is 2.42. The van der Waals surface area contributed by atoms with Crippen molar-refractivity contribution >= 4 is 11.7 Å². The Morgan fingerprint density at radius 2 is 1.40 bits per heavy atom. The average molecular weight is 283 g/mol. The lowest BCUT2D eigenvalue weighted by Crippen LogP contribution is -2.27. The SMILES string of the molecule is CCCCCCCCCCCC(=O)C[C@H](C)C(=O)NC. The molecule has 0 aliphatic heterocycles. The van der Waals surface area contributed by atoms with E-state index < -0.39 is 0 Å². The summed E-state index contributed by atoms with van der Waals surface area (Å²) in [6.45, 7) is 4.05. The van der Waals surface area contributed by atoms with Gasteiger partial charge in [0.1, 0.15) is 5.78 Å². The van der Waals surface area contributed by atoms with E-state index in [0.29, 0.717) is 12.8 Å². The van der Waals surface area contributed by atoms with Crippen LogP contribution in [0.5, 0.6) is 0 Å². The lowest BCUT2D eigenvalue weighted by molar-refractivity contribution is -0.128. The monoisotopic (exact) mass is 283 g/mol. The predicted molar refractivity (Wildman–Crippen MR) is 84.7 cm³/mol. The zero-order valence-electron chi connectivity index (χ0n) is 13.7. The fourth-order valence-corrected chi connectivity index (χ4v) is 2.42. The molecule has 0 aliphatic carbocycles. The Morgan fingerprint density at radius 3 is 1.90 bits per heavy atom. The Labute approximate surface area is 124 Å². The molecule has 0 saturated carbocycles. The van der Waals surface area contributed by atoms with E-state index in [1.165, 1.54) is 44.9 Å². The van der Waals surface area contributed by atoms with Gasteiger partial charge in [0, 0.05) is 25.8 Å². The highest BCUT2D eigenvalue weighted by molar-refractivity contribution is 5.86. The summed E-state index contributed by atoms with van der Waals surface area (Å²) in [7, 11) is 1.61. The van der Waals surface area contributed by atoms with Crippen LogP contribution in [0, 0.1) is 5.92 Å². The number of amides is 1. The first-order valence-corrected chi connectivity index (χ1v) is 8.35. The van der Waals surface area contributed by atoms with Gasteiger partial charge in [-0.2, -0.15) is 0 Å². The van der Waals surface area contributed by atoms with Gasteiger partial charge in [-0.25, -0.2) is 0 Å². The molecule has 3 nitrogen and oxygen atoms in total. The second kappa shape index (κ2) is 13.1. The third-order valence-electron chi connectivity index (χ3n) is 3.79. The highest BCUT2D eigenvalue weighted by Gasteiger charge is 2.14. The number of carbonyl (C=O) groups excluding carboxylic acids is 2. The van der Waals surface area contributed by atoms with Crippen molar-refractivity contribution in [1.82, 2.24) is 5.32 Å². The number of nitrogens with one attached hydrogen (secondary N) is 1. The summed E-state index contributed by atoms with van der Waals surface area (Å²) in [4.78, 5) is 23.0. The maximum Gasteiger partial charge on any atom is 0.223 e. The molecule has 0 fully saturated rings. The zero-order valence-corrected chi connectivity index (χ0v) is 13.7. The maximum atomic E-state index is 11.7. The van der Waals surface area contributed by atoms with E-state index in [1.54, 1.807) is 7.05 Å². The van der Waals surface area contributed by atoms with Crippen LogP contribution in [0.3, 0.4) is 0 Å². The predicted octanol–water partition coefficient (Wildman–Crippen LogP) is 4.25. The molecule has 0 saturated heterocycles. The first-order valence-electron chi connectivity index (χ1n) is 8.35. The number of rotatable bonds is 13. The van der Waals surface area contributed by atoms with Gasteiger partial charge in [0.2, 0.25) is 5.91 Å². The van der Waals surface area contributed by atoms with Gasteiger partial charge in [0.15, 0.2) is 0 Å². The molecule has 0 spiro atoms. The maximum absolute atomic E-state index is 11.7. The van der Waals surface area contributed by atoms with E-state index in [4.69, 9.17) is 0 Å². The minimum Gasteiger partial charge on any atom is -0.359 e. The number of hydrogen-bond donors (Lipinski definition) is 1. The summed E-state index contributed by atoms with van der Waals surface area (Å²) in [6, 6.07) is 0. The quantitative estimate of drug-likeness (QED) is 0.514. The fraction of sp³-hybridized carbons (Fsp3) is 0.882. The highest BCUT2D eigenvalue weighted by Crippen LogP contribution is 2.12. The van der Waals surface area contributed by atoms with Crippen LogP contribution in [0.4, 0.5) is 0 Å². The van der Waals surface area contributed by atoms with E-state index in [1.807, 2.05) is 6.92 Å². The minimum atomic E-state index is -0.189. The Hall–Kier alpha value is -0.860. The minimum absolute atomic E-state index is 0.0366. The standard InChI is InChI=1S/C17H33NO2/c1-4-5-6-7-8-9-10-11-12-13-16(19)14-15(2)17(20)18-3/h15H,4-14H2,1-3H3,(H,18,20)/t15-/m0/s1. The van der Waals surface area contributed by atoms with Gasteiger partial charge < -0.3 is 5.32 Å². The molecule has 20 heavy (non-hydrogen) atoms. The largest absolute Gasteiger partial charge is 0.359 e. The molecule has 0 aromatic rings. The summed E-state index contributed by atoms with van der Waals surface area (Å²) >= 11 is 0. The van der Waals surface area contributed by atoms with Crippen LogP contribution in [-0.4, -0.2) is 18.7 Å². The van der Waals surface area contributed by atoms with E-state index in [2.05, 4.69) is 12.2 Å². The van der Waals surface area contributed by atoms with E-state index in [-0.39, 0.29) is 17.6 Å². The molecule has 1 amide bonds. The smallest absolute Gasteiger partial charge is 0.223 e. The van der Waals surface area contributed by atoms with Gasteiger partial charge >= 0.3 is 0 Å². The second-order valence-corrected chi connectivity index (χ2v) is 5.84. The van der Waals surface area contributed by atoms with Gasteiger partial charge in [-0.3, -0.25) is 9.59 Å². The Balaban J connectivity index is 3.37. The van der Waals surface area contributed by atoms with Crippen molar-refractivity contribution in [3.05, 3.63) is 0 Å². The molecule has 0 aromatic heterocycles. The molecule has 1 atom stereocenters. The lowest BCUT2D eigenvalue weighted by Gasteiger charge is -2.08. The number of hydrogen-bond acceptors (Lipinski definition) is 2. The normalized spacial score (nSPS) is 12.2. The molecule has 0 radical (unpaired) electrons. The van der Waals surface area contributed by atoms with Crippen molar-refractivity contribution in [1.29, 1.82) is 0 Å². The molecule has 0 bridgehead atoms. The van der Waals surface area contributed by atoms with Gasteiger partial charge in [0.05, 0.1) is 0 Å². The molecule has 0 aromatic carbocycles. The summed E-state index contributed by atoms with van der Waals surface area (Å²) in [5, 5.41) is 2.58. The second-order valence-electron chi connectivity index (χ2n) is 5.84. The van der Waals surface area contributed by atoms with E-state index in [0.717, 1.165) is 12.8 Å². The van der Waals surface area contributed by atoms with Gasteiger partial charge in [0.25, 0.3) is 0 Å². The lowest BCUT2D eigenvalue weighted by atomic mass is 9.99. The van der Waals surface area contributed by atoms with Crippen molar-refractivity contribution in [3.63, 3.8) is 0 Å². The molecule has 0 heterocycles. The topological polar surface area (TPSA) is 46.2 Å². The van der Waals surface area contributed by atoms with Crippen molar-refractivity contribution in [2.24, 2.45) is 5.92 Å². The van der Waals surface area contributed by atoms with Crippen LogP contribution in [0.1, 0.15) is 84.5 Å². The van der Waals surface area contributed by atoms with Gasteiger partial charge in [-0.15, -0.1) is 0 Å². The Kier molecular flexibility index (Phi) is 12.6. The molecule has 0 unspecified atom stereocenters. The summed E-state index contributed by atoms with van der Waals surface area (Å²) in [6.07, 6.45) is 12.4. The van der Waals surface area contributed by atoms with Gasteiger partial charge in [-0.1, -0.05) is 65.2 Å². The molecule has 118 valence electrons. The van der Waals surface area contributed by atoms with Crippen LogP contribution < -0.4 is 5.32 Å². The number of carbonyl (C=O) groups is 2. The first kappa shape index (κ1) is 19.1. The third-order valence-corrected chi connectivity index (χ3v) is 3.79. The number of Topliss-reactive ketones (excluding diaryl/α,β-unsaturated/α-hetero) is 1. The van der Waals surface area contributed by atoms with Crippen LogP contribution in [0.15, 0.2) is 0 Å². The van der Waals surface area contributed by atoms with Crippen molar-refractivity contribution in [3.8, 4) is 0 Å². The van der Waals surface area contributed by atoms with Crippen LogP contribution >= 0.6 is 0 Å².